The second-order valence-corrected chi connectivity index (χ2v) is 9.54. The van der Waals surface area contributed by atoms with Gasteiger partial charge in [-0.1, -0.05) is 12.1 Å². The summed E-state index contributed by atoms with van der Waals surface area (Å²) in [4.78, 5) is 1.09. The van der Waals surface area contributed by atoms with Crippen LogP contribution in [0.15, 0.2) is 49.3 Å². The van der Waals surface area contributed by atoms with E-state index in [-0.39, 0.29) is 10.8 Å². The summed E-state index contributed by atoms with van der Waals surface area (Å²) in [6, 6.07) is 10.6. The summed E-state index contributed by atoms with van der Waals surface area (Å²) in [5.41, 5.74) is 0.683. The lowest BCUT2D eigenvalue weighted by Gasteiger charge is -2.12. The largest absolute Gasteiger partial charge is 0.387 e. The molecule has 0 aliphatic rings. The first-order valence-electron chi connectivity index (χ1n) is 5.99. The minimum Gasteiger partial charge on any atom is -0.387 e. The van der Waals surface area contributed by atoms with Crippen molar-refractivity contribution in [2.24, 2.45) is 0 Å². The maximum absolute atomic E-state index is 12.0. The van der Waals surface area contributed by atoms with E-state index in [0.29, 0.717) is 5.56 Å². The van der Waals surface area contributed by atoms with Crippen molar-refractivity contribution in [3.05, 3.63) is 45.7 Å². The van der Waals surface area contributed by atoms with E-state index in [1.807, 2.05) is 18.4 Å². The number of aliphatic hydroxyl groups excluding tert-OH is 1. The van der Waals surface area contributed by atoms with Crippen molar-refractivity contribution >= 4 is 49.1 Å². The molecule has 0 bridgehead atoms. The predicted octanol–water partition coefficient (Wildman–Crippen LogP) is 3.24. The first kappa shape index (κ1) is 17.0. The van der Waals surface area contributed by atoms with Crippen LogP contribution in [0.5, 0.6) is 0 Å². The fourth-order valence-corrected chi connectivity index (χ4v) is 5.15. The van der Waals surface area contributed by atoms with Crippen molar-refractivity contribution in [1.82, 2.24) is 4.72 Å². The number of hydrogen-bond donors (Lipinski definition) is 2. The summed E-state index contributed by atoms with van der Waals surface area (Å²) < 4.78 is 27.5. The Morgan fingerprint density at radius 1 is 1.29 bits per heavy atom. The summed E-state index contributed by atoms with van der Waals surface area (Å²) >= 11 is 5.97. The Balaban J connectivity index is 2.01. The zero-order valence-electron chi connectivity index (χ0n) is 11.1. The monoisotopic (exact) mass is 407 g/mol. The van der Waals surface area contributed by atoms with Gasteiger partial charge in [-0.15, -0.1) is 23.1 Å². The van der Waals surface area contributed by atoms with Gasteiger partial charge in [0.1, 0.15) is 4.21 Å². The number of rotatable bonds is 6. The molecule has 4 nitrogen and oxygen atoms in total. The SMILES string of the molecule is CSc1ccc([C@@H](O)CNS(=O)(=O)c2ccc(Br)s2)cc1. The van der Waals surface area contributed by atoms with Crippen molar-refractivity contribution in [2.75, 3.05) is 12.8 Å². The van der Waals surface area contributed by atoms with Crippen LogP contribution in [0, 0.1) is 0 Å². The molecule has 2 aromatic rings. The second-order valence-electron chi connectivity index (χ2n) is 4.20. The Bertz CT molecular complexity index is 698. The molecule has 2 N–H and O–H groups in total. The fourth-order valence-electron chi connectivity index (χ4n) is 1.65. The highest BCUT2D eigenvalue weighted by atomic mass is 79.9. The van der Waals surface area contributed by atoms with Crippen LogP contribution in [0.25, 0.3) is 0 Å². The summed E-state index contributed by atoms with van der Waals surface area (Å²) in [5.74, 6) is 0. The number of sulfonamides is 1. The molecule has 0 saturated heterocycles. The van der Waals surface area contributed by atoms with Crippen LogP contribution in [0.2, 0.25) is 0 Å². The van der Waals surface area contributed by atoms with Gasteiger partial charge < -0.3 is 5.11 Å². The number of thiophene rings is 1. The van der Waals surface area contributed by atoms with Crippen molar-refractivity contribution < 1.29 is 13.5 Å². The van der Waals surface area contributed by atoms with Gasteiger partial charge in [-0.3, -0.25) is 0 Å². The molecule has 1 atom stereocenters. The molecule has 2 rings (SSSR count). The minimum absolute atomic E-state index is 0.0591. The lowest BCUT2D eigenvalue weighted by atomic mass is 10.1. The molecule has 0 saturated carbocycles. The molecular formula is C13H14BrNO3S3. The molecule has 8 heteroatoms. The molecule has 0 aliphatic carbocycles. The molecule has 1 aromatic heterocycles. The summed E-state index contributed by atoms with van der Waals surface area (Å²) in [7, 11) is -3.58. The fraction of sp³-hybridized carbons (Fsp3) is 0.231. The summed E-state index contributed by atoms with van der Waals surface area (Å²) in [6.45, 7) is -0.0591. The zero-order valence-corrected chi connectivity index (χ0v) is 15.2. The lowest BCUT2D eigenvalue weighted by Crippen LogP contribution is -2.28. The Kier molecular flexibility index (Phi) is 5.87. The third kappa shape index (κ3) is 4.54. The van der Waals surface area contributed by atoms with Crippen molar-refractivity contribution in [1.29, 1.82) is 0 Å². The van der Waals surface area contributed by atoms with Crippen LogP contribution in [0.3, 0.4) is 0 Å². The van der Waals surface area contributed by atoms with Crippen molar-refractivity contribution in [3.8, 4) is 0 Å². The third-order valence-corrected chi connectivity index (χ3v) is 7.06. The van der Waals surface area contributed by atoms with Gasteiger partial charge in [-0.2, -0.15) is 0 Å². The van der Waals surface area contributed by atoms with Gasteiger partial charge in [-0.25, -0.2) is 13.1 Å². The highest BCUT2D eigenvalue weighted by Gasteiger charge is 2.18. The number of halogens is 1. The first-order valence-corrected chi connectivity index (χ1v) is 10.3. The molecule has 114 valence electrons. The molecule has 1 aromatic carbocycles. The van der Waals surface area contributed by atoms with Gasteiger partial charge in [0.2, 0.25) is 10.0 Å². The molecule has 21 heavy (non-hydrogen) atoms. The first-order chi connectivity index (χ1) is 9.92. The van der Waals surface area contributed by atoms with Crippen LogP contribution in [0.4, 0.5) is 0 Å². The number of aliphatic hydroxyl groups is 1. The second kappa shape index (κ2) is 7.26. The van der Waals surface area contributed by atoms with E-state index in [2.05, 4.69) is 20.7 Å². The van der Waals surface area contributed by atoms with E-state index < -0.39 is 16.1 Å². The van der Waals surface area contributed by atoms with Gasteiger partial charge in [0.15, 0.2) is 0 Å². The zero-order chi connectivity index (χ0) is 15.5. The van der Waals surface area contributed by atoms with Gasteiger partial charge >= 0.3 is 0 Å². The topological polar surface area (TPSA) is 66.4 Å². The van der Waals surface area contributed by atoms with Crippen LogP contribution in [-0.4, -0.2) is 26.3 Å². The average Bonchev–Trinajstić information content (AvgIpc) is 2.92. The third-order valence-electron chi connectivity index (χ3n) is 2.78. The normalized spacial score (nSPS) is 13.3. The van der Waals surface area contributed by atoms with Crippen LogP contribution < -0.4 is 4.72 Å². The predicted molar refractivity (Wildman–Crippen MR) is 90.4 cm³/mol. The van der Waals surface area contributed by atoms with Crippen molar-refractivity contribution in [3.63, 3.8) is 0 Å². The lowest BCUT2D eigenvalue weighted by molar-refractivity contribution is 0.182. The molecule has 0 radical (unpaired) electrons. The van der Waals surface area contributed by atoms with Crippen molar-refractivity contribution in [2.45, 2.75) is 15.2 Å². The molecule has 0 unspecified atom stereocenters. The maximum atomic E-state index is 12.0. The molecule has 0 amide bonds. The molecule has 0 fully saturated rings. The Morgan fingerprint density at radius 2 is 1.95 bits per heavy atom. The van der Waals surface area contributed by atoms with Gasteiger partial charge in [0, 0.05) is 11.4 Å². The Morgan fingerprint density at radius 3 is 2.48 bits per heavy atom. The summed E-state index contributed by atoms with van der Waals surface area (Å²) in [5, 5.41) is 10.1. The Labute approximate surface area is 140 Å². The molecule has 0 spiro atoms. The van der Waals surface area contributed by atoms with Gasteiger partial charge in [0.25, 0.3) is 0 Å². The quantitative estimate of drug-likeness (QED) is 0.721. The van der Waals surface area contributed by atoms with Gasteiger partial charge in [0.05, 0.1) is 9.89 Å². The van der Waals surface area contributed by atoms with Crippen LogP contribution in [-0.2, 0) is 10.0 Å². The van der Waals surface area contributed by atoms with E-state index in [4.69, 9.17) is 0 Å². The highest BCUT2D eigenvalue weighted by molar-refractivity contribution is 9.11. The maximum Gasteiger partial charge on any atom is 0.250 e. The highest BCUT2D eigenvalue weighted by Crippen LogP contribution is 2.26. The number of hydrogen-bond acceptors (Lipinski definition) is 5. The van der Waals surface area contributed by atoms with E-state index in [0.717, 1.165) is 20.0 Å². The van der Waals surface area contributed by atoms with E-state index in [9.17, 15) is 13.5 Å². The number of nitrogens with one attached hydrogen (secondary N) is 1. The standard InChI is InChI=1S/C13H14BrNO3S3/c1-19-10-4-2-9(3-5-10)11(16)8-15-21(17,18)13-7-6-12(14)20-13/h2-7,11,15-16H,8H2,1H3/t11-/m0/s1. The van der Waals surface area contributed by atoms with E-state index in [1.165, 1.54) is 6.07 Å². The Hall–Kier alpha value is -0.380. The van der Waals surface area contributed by atoms with Crippen LogP contribution >= 0.6 is 39.0 Å². The molecule has 0 aliphatic heterocycles. The van der Waals surface area contributed by atoms with Gasteiger partial charge in [-0.05, 0) is 52.0 Å². The average molecular weight is 408 g/mol. The number of thioether (sulfide) groups is 1. The van der Waals surface area contributed by atoms with E-state index in [1.54, 1.807) is 30.0 Å². The minimum atomic E-state index is -3.58. The number of benzene rings is 1. The van der Waals surface area contributed by atoms with E-state index >= 15 is 0 Å². The summed E-state index contributed by atoms with van der Waals surface area (Å²) in [6.07, 6.45) is 1.10. The smallest absolute Gasteiger partial charge is 0.250 e. The molecular weight excluding hydrogens is 394 g/mol. The van der Waals surface area contributed by atoms with Crippen LogP contribution in [0.1, 0.15) is 11.7 Å². The molecule has 1 heterocycles.